The van der Waals surface area contributed by atoms with Gasteiger partial charge in [-0.1, -0.05) is 45.7 Å². The van der Waals surface area contributed by atoms with Gasteiger partial charge in [0.05, 0.1) is 5.69 Å². The van der Waals surface area contributed by atoms with Gasteiger partial charge in [0.1, 0.15) is 0 Å². The number of hydrogen-bond acceptors (Lipinski definition) is 2. The van der Waals surface area contributed by atoms with E-state index in [1.54, 1.807) is 0 Å². The molecule has 1 aromatic heterocycles. The monoisotopic (exact) mass is 273 g/mol. The summed E-state index contributed by atoms with van der Waals surface area (Å²) in [6.45, 7) is 0. The number of benzene rings is 1. The Morgan fingerprint density at radius 1 is 1.31 bits per heavy atom. The van der Waals surface area contributed by atoms with E-state index in [0.717, 1.165) is 15.7 Å². The number of halogens is 2. The molecule has 1 aromatic carbocycles. The molecule has 1 nitrogen and oxygen atoms in total. The SMILES string of the molecule is Clc1nc(-c2ccccc2Br)cs1. The van der Waals surface area contributed by atoms with Crippen molar-refractivity contribution in [2.24, 2.45) is 0 Å². The van der Waals surface area contributed by atoms with Crippen molar-refractivity contribution in [3.8, 4) is 11.3 Å². The lowest BCUT2D eigenvalue weighted by Crippen LogP contribution is -1.77. The van der Waals surface area contributed by atoms with Crippen LogP contribution in [0.2, 0.25) is 4.47 Å². The highest BCUT2D eigenvalue weighted by atomic mass is 79.9. The first-order chi connectivity index (χ1) is 6.27. The van der Waals surface area contributed by atoms with Crippen molar-refractivity contribution in [3.63, 3.8) is 0 Å². The molecule has 0 bridgehead atoms. The number of thiazole rings is 1. The summed E-state index contributed by atoms with van der Waals surface area (Å²) in [7, 11) is 0. The van der Waals surface area contributed by atoms with Gasteiger partial charge in [-0.05, 0) is 6.07 Å². The van der Waals surface area contributed by atoms with Crippen molar-refractivity contribution in [2.45, 2.75) is 0 Å². The molecule has 13 heavy (non-hydrogen) atoms. The van der Waals surface area contributed by atoms with Crippen LogP contribution in [0.1, 0.15) is 0 Å². The highest BCUT2D eigenvalue weighted by molar-refractivity contribution is 9.10. The molecule has 0 saturated heterocycles. The minimum absolute atomic E-state index is 0.575. The van der Waals surface area contributed by atoms with Crippen LogP contribution >= 0.6 is 38.9 Å². The predicted octanol–water partition coefficient (Wildman–Crippen LogP) is 4.23. The van der Waals surface area contributed by atoms with E-state index in [9.17, 15) is 0 Å². The van der Waals surface area contributed by atoms with Gasteiger partial charge in [-0.25, -0.2) is 4.98 Å². The Kier molecular flexibility index (Phi) is 2.67. The van der Waals surface area contributed by atoms with Crippen LogP contribution in [0.15, 0.2) is 34.1 Å². The van der Waals surface area contributed by atoms with Crippen molar-refractivity contribution in [3.05, 3.63) is 38.6 Å². The fourth-order valence-electron chi connectivity index (χ4n) is 1.04. The second kappa shape index (κ2) is 3.78. The van der Waals surface area contributed by atoms with E-state index < -0.39 is 0 Å². The minimum atomic E-state index is 0.575. The Hall–Kier alpha value is -0.380. The van der Waals surface area contributed by atoms with Crippen molar-refractivity contribution in [1.82, 2.24) is 4.98 Å². The van der Waals surface area contributed by atoms with E-state index in [2.05, 4.69) is 20.9 Å². The minimum Gasteiger partial charge on any atom is -0.225 e. The summed E-state index contributed by atoms with van der Waals surface area (Å²) >= 11 is 10.7. The molecule has 0 atom stereocenters. The molecule has 0 aliphatic rings. The van der Waals surface area contributed by atoms with Gasteiger partial charge in [0.25, 0.3) is 0 Å². The first-order valence-electron chi connectivity index (χ1n) is 3.63. The van der Waals surface area contributed by atoms with E-state index >= 15 is 0 Å². The highest BCUT2D eigenvalue weighted by Crippen LogP contribution is 2.30. The first kappa shape index (κ1) is 9.19. The van der Waals surface area contributed by atoms with Crippen LogP contribution in [-0.4, -0.2) is 4.98 Å². The van der Waals surface area contributed by atoms with Gasteiger partial charge in [0, 0.05) is 15.4 Å². The molecule has 0 aliphatic heterocycles. The molecule has 1 heterocycles. The van der Waals surface area contributed by atoms with Gasteiger partial charge in [-0.15, -0.1) is 11.3 Å². The zero-order chi connectivity index (χ0) is 9.26. The molecule has 0 spiro atoms. The fraction of sp³-hybridized carbons (Fsp3) is 0. The van der Waals surface area contributed by atoms with Gasteiger partial charge in [0.15, 0.2) is 4.47 Å². The molecule has 0 N–H and O–H groups in total. The third-order valence-corrected chi connectivity index (χ3v) is 3.30. The van der Waals surface area contributed by atoms with Gasteiger partial charge in [-0.3, -0.25) is 0 Å². The quantitative estimate of drug-likeness (QED) is 0.758. The van der Waals surface area contributed by atoms with E-state index in [0.29, 0.717) is 4.47 Å². The molecule has 0 saturated carbocycles. The summed E-state index contributed by atoms with van der Waals surface area (Å²) in [6, 6.07) is 7.95. The van der Waals surface area contributed by atoms with Crippen molar-refractivity contribution in [1.29, 1.82) is 0 Å². The van der Waals surface area contributed by atoms with Crippen LogP contribution in [0.3, 0.4) is 0 Å². The third-order valence-electron chi connectivity index (χ3n) is 1.63. The van der Waals surface area contributed by atoms with Crippen molar-refractivity contribution in [2.75, 3.05) is 0 Å². The lowest BCUT2D eigenvalue weighted by atomic mass is 10.2. The van der Waals surface area contributed by atoms with Crippen LogP contribution in [0.4, 0.5) is 0 Å². The van der Waals surface area contributed by atoms with Gasteiger partial charge >= 0.3 is 0 Å². The number of hydrogen-bond donors (Lipinski definition) is 0. The summed E-state index contributed by atoms with van der Waals surface area (Å²) in [4.78, 5) is 4.20. The molecule has 4 heteroatoms. The summed E-state index contributed by atoms with van der Waals surface area (Å²) in [6.07, 6.45) is 0. The summed E-state index contributed by atoms with van der Waals surface area (Å²) in [5.74, 6) is 0. The molecule has 0 amide bonds. The Bertz CT molecular complexity index is 427. The Morgan fingerprint density at radius 2 is 2.08 bits per heavy atom. The fourth-order valence-corrected chi connectivity index (χ4v) is 2.30. The maximum Gasteiger partial charge on any atom is 0.184 e. The highest BCUT2D eigenvalue weighted by Gasteiger charge is 2.05. The lowest BCUT2D eigenvalue weighted by Gasteiger charge is -1.98. The second-order valence-electron chi connectivity index (χ2n) is 2.47. The van der Waals surface area contributed by atoms with E-state index in [-0.39, 0.29) is 0 Å². The number of aromatic nitrogens is 1. The average molecular weight is 275 g/mol. The second-order valence-corrected chi connectivity index (χ2v) is 4.76. The lowest BCUT2D eigenvalue weighted by molar-refractivity contribution is 1.40. The largest absolute Gasteiger partial charge is 0.225 e. The maximum absolute atomic E-state index is 5.75. The molecule has 0 radical (unpaired) electrons. The van der Waals surface area contributed by atoms with Crippen LogP contribution in [0.25, 0.3) is 11.3 Å². The Labute approximate surface area is 93.5 Å². The summed E-state index contributed by atoms with van der Waals surface area (Å²) in [5.41, 5.74) is 1.99. The summed E-state index contributed by atoms with van der Waals surface area (Å²) in [5, 5.41) is 1.95. The van der Waals surface area contributed by atoms with E-state index in [4.69, 9.17) is 11.6 Å². The molecular weight excluding hydrogens is 270 g/mol. The maximum atomic E-state index is 5.75. The molecule has 0 fully saturated rings. The van der Waals surface area contributed by atoms with Crippen LogP contribution in [0, 0.1) is 0 Å². The third kappa shape index (κ3) is 1.93. The average Bonchev–Trinajstić information content (AvgIpc) is 2.53. The van der Waals surface area contributed by atoms with Gasteiger partial charge in [0.2, 0.25) is 0 Å². The Balaban J connectivity index is 2.52. The standard InChI is InChI=1S/C9H5BrClNS/c10-7-4-2-1-3-6(7)8-5-13-9(11)12-8/h1-5H. The smallest absolute Gasteiger partial charge is 0.184 e. The van der Waals surface area contributed by atoms with E-state index in [1.807, 2.05) is 29.6 Å². The molecular formula is C9H5BrClNS. The van der Waals surface area contributed by atoms with Crippen LogP contribution in [-0.2, 0) is 0 Å². The predicted molar refractivity (Wildman–Crippen MR) is 60.3 cm³/mol. The zero-order valence-corrected chi connectivity index (χ0v) is 9.66. The first-order valence-corrected chi connectivity index (χ1v) is 5.68. The van der Waals surface area contributed by atoms with Gasteiger partial charge < -0.3 is 0 Å². The van der Waals surface area contributed by atoms with Crippen molar-refractivity contribution >= 4 is 38.9 Å². The molecule has 0 aliphatic carbocycles. The molecule has 2 rings (SSSR count). The molecule has 0 unspecified atom stereocenters. The van der Waals surface area contributed by atoms with Crippen molar-refractivity contribution < 1.29 is 0 Å². The van der Waals surface area contributed by atoms with Crippen LogP contribution in [0.5, 0.6) is 0 Å². The normalized spacial score (nSPS) is 10.3. The topological polar surface area (TPSA) is 12.9 Å². The summed E-state index contributed by atoms with van der Waals surface area (Å²) < 4.78 is 1.61. The number of rotatable bonds is 1. The number of nitrogens with zero attached hydrogens (tertiary/aromatic N) is 1. The zero-order valence-electron chi connectivity index (χ0n) is 6.50. The molecule has 66 valence electrons. The van der Waals surface area contributed by atoms with Gasteiger partial charge in [-0.2, -0.15) is 0 Å². The van der Waals surface area contributed by atoms with E-state index in [1.165, 1.54) is 11.3 Å². The van der Waals surface area contributed by atoms with Crippen LogP contribution < -0.4 is 0 Å². The molecule has 2 aromatic rings. The Morgan fingerprint density at radius 3 is 2.69 bits per heavy atom.